The van der Waals surface area contributed by atoms with Crippen molar-refractivity contribution in [1.29, 1.82) is 0 Å². The SMILES string of the molecule is Cc1cc(I)c(C(=O)Cl)cc1C. The van der Waals surface area contributed by atoms with Crippen molar-refractivity contribution in [2.75, 3.05) is 0 Å². The van der Waals surface area contributed by atoms with Gasteiger partial charge in [-0.15, -0.1) is 0 Å². The van der Waals surface area contributed by atoms with Gasteiger partial charge in [0.15, 0.2) is 0 Å². The molecule has 1 aromatic rings. The van der Waals surface area contributed by atoms with Crippen LogP contribution in [0.5, 0.6) is 0 Å². The van der Waals surface area contributed by atoms with E-state index in [9.17, 15) is 4.79 Å². The molecular formula is C9H8ClIO. The lowest BCUT2D eigenvalue weighted by Crippen LogP contribution is -1.95. The predicted octanol–water partition coefficient (Wildman–Crippen LogP) is 3.29. The van der Waals surface area contributed by atoms with Crippen LogP contribution in [0.4, 0.5) is 0 Å². The highest BCUT2D eigenvalue weighted by Crippen LogP contribution is 2.19. The number of benzene rings is 1. The van der Waals surface area contributed by atoms with E-state index in [4.69, 9.17) is 11.6 Å². The molecule has 0 saturated heterocycles. The lowest BCUT2D eigenvalue weighted by atomic mass is 10.1. The van der Waals surface area contributed by atoms with Crippen molar-refractivity contribution in [3.8, 4) is 0 Å². The number of hydrogen-bond acceptors (Lipinski definition) is 1. The van der Waals surface area contributed by atoms with Gasteiger partial charge in [0.25, 0.3) is 5.24 Å². The zero-order valence-corrected chi connectivity index (χ0v) is 9.73. The highest BCUT2D eigenvalue weighted by atomic mass is 127. The Bertz CT molecular complexity index is 334. The minimum atomic E-state index is -0.387. The second-order valence-corrected chi connectivity index (χ2v) is 4.20. The molecule has 0 saturated carbocycles. The standard InChI is InChI=1S/C9H8ClIO/c1-5-3-7(9(10)12)8(11)4-6(5)2/h3-4H,1-2H3. The number of aryl methyl sites for hydroxylation is 2. The molecule has 0 amide bonds. The normalized spacial score (nSPS) is 10.0. The average molecular weight is 295 g/mol. The van der Waals surface area contributed by atoms with Crippen LogP contribution in [0.1, 0.15) is 21.5 Å². The van der Waals surface area contributed by atoms with E-state index in [1.807, 2.05) is 26.0 Å². The van der Waals surface area contributed by atoms with Gasteiger partial charge in [0.05, 0.1) is 0 Å². The molecule has 0 spiro atoms. The number of carbonyl (C=O) groups excluding carboxylic acids is 1. The van der Waals surface area contributed by atoms with Crippen LogP contribution in [-0.4, -0.2) is 5.24 Å². The van der Waals surface area contributed by atoms with Crippen molar-refractivity contribution in [3.05, 3.63) is 32.4 Å². The Balaban J connectivity index is 3.33. The largest absolute Gasteiger partial charge is 0.276 e. The minimum absolute atomic E-state index is 0.387. The molecule has 1 rings (SSSR count). The molecule has 12 heavy (non-hydrogen) atoms. The van der Waals surface area contributed by atoms with Gasteiger partial charge in [0.1, 0.15) is 0 Å². The first-order valence-corrected chi connectivity index (χ1v) is 4.94. The van der Waals surface area contributed by atoms with E-state index in [0.717, 1.165) is 9.13 Å². The van der Waals surface area contributed by atoms with Gasteiger partial charge in [0, 0.05) is 9.13 Å². The van der Waals surface area contributed by atoms with Gasteiger partial charge in [-0.3, -0.25) is 4.79 Å². The summed E-state index contributed by atoms with van der Waals surface area (Å²) in [5.74, 6) is 0. The zero-order chi connectivity index (χ0) is 9.30. The lowest BCUT2D eigenvalue weighted by molar-refractivity contribution is 0.108. The van der Waals surface area contributed by atoms with Crippen LogP contribution in [-0.2, 0) is 0 Å². The molecule has 0 aliphatic carbocycles. The van der Waals surface area contributed by atoms with Crippen LogP contribution < -0.4 is 0 Å². The molecule has 0 fully saturated rings. The first-order valence-electron chi connectivity index (χ1n) is 3.49. The van der Waals surface area contributed by atoms with Crippen LogP contribution in [0.15, 0.2) is 12.1 Å². The van der Waals surface area contributed by atoms with Crippen molar-refractivity contribution in [2.45, 2.75) is 13.8 Å². The second-order valence-electron chi connectivity index (χ2n) is 2.69. The maximum absolute atomic E-state index is 10.9. The summed E-state index contributed by atoms with van der Waals surface area (Å²) in [6.07, 6.45) is 0. The van der Waals surface area contributed by atoms with E-state index in [0.29, 0.717) is 5.56 Å². The highest BCUT2D eigenvalue weighted by molar-refractivity contribution is 14.1. The summed E-state index contributed by atoms with van der Waals surface area (Å²) in [6.45, 7) is 3.98. The first-order chi connectivity index (χ1) is 5.52. The third kappa shape index (κ3) is 1.98. The summed E-state index contributed by atoms with van der Waals surface area (Å²) >= 11 is 7.50. The van der Waals surface area contributed by atoms with E-state index < -0.39 is 0 Å². The van der Waals surface area contributed by atoms with Crippen LogP contribution in [0.3, 0.4) is 0 Å². The van der Waals surface area contributed by atoms with Gasteiger partial charge in [0.2, 0.25) is 0 Å². The van der Waals surface area contributed by atoms with Crippen molar-refractivity contribution < 1.29 is 4.79 Å². The van der Waals surface area contributed by atoms with E-state index in [1.165, 1.54) is 5.56 Å². The second kappa shape index (κ2) is 3.75. The lowest BCUT2D eigenvalue weighted by Gasteiger charge is -2.03. The summed E-state index contributed by atoms with van der Waals surface area (Å²) in [7, 11) is 0. The van der Waals surface area contributed by atoms with Gasteiger partial charge >= 0.3 is 0 Å². The average Bonchev–Trinajstić information content (AvgIpc) is 1.96. The summed E-state index contributed by atoms with van der Waals surface area (Å²) in [4.78, 5) is 10.9. The summed E-state index contributed by atoms with van der Waals surface area (Å²) in [5, 5.41) is -0.387. The highest BCUT2D eigenvalue weighted by Gasteiger charge is 2.08. The van der Waals surface area contributed by atoms with Crippen molar-refractivity contribution in [3.63, 3.8) is 0 Å². The van der Waals surface area contributed by atoms with Crippen LogP contribution in [0, 0.1) is 17.4 Å². The van der Waals surface area contributed by atoms with E-state index in [-0.39, 0.29) is 5.24 Å². The molecule has 0 atom stereocenters. The fourth-order valence-electron chi connectivity index (χ4n) is 0.932. The van der Waals surface area contributed by atoms with E-state index in [2.05, 4.69) is 22.6 Å². The third-order valence-electron chi connectivity index (χ3n) is 1.80. The smallest absolute Gasteiger partial charge is 0.253 e. The Morgan fingerprint density at radius 1 is 1.33 bits per heavy atom. The quantitative estimate of drug-likeness (QED) is 0.574. The Kier molecular flexibility index (Phi) is 3.12. The minimum Gasteiger partial charge on any atom is -0.276 e. The molecule has 0 unspecified atom stereocenters. The fourth-order valence-corrected chi connectivity index (χ4v) is 2.12. The summed E-state index contributed by atoms with van der Waals surface area (Å²) < 4.78 is 0.913. The monoisotopic (exact) mass is 294 g/mol. The number of carbonyl (C=O) groups is 1. The zero-order valence-electron chi connectivity index (χ0n) is 6.82. The maximum atomic E-state index is 10.9. The first kappa shape index (κ1) is 9.99. The fraction of sp³-hybridized carbons (Fsp3) is 0.222. The number of hydrogen-bond donors (Lipinski definition) is 0. The van der Waals surface area contributed by atoms with Gasteiger partial charge in [-0.1, -0.05) is 0 Å². The molecule has 64 valence electrons. The Morgan fingerprint density at radius 3 is 2.33 bits per heavy atom. The molecule has 0 N–H and O–H groups in total. The molecule has 0 bridgehead atoms. The van der Waals surface area contributed by atoms with Gasteiger partial charge in [-0.2, -0.15) is 0 Å². The Hall–Kier alpha value is -0.0900. The molecule has 0 aliphatic rings. The Morgan fingerprint density at radius 2 is 1.83 bits per heavy atom. The third-order valence-corrected chi connectivity index (χ3v) is 2.89. The maximum Gasteiger partial charge on any atom is 0.253 e. The molecule has 1 aromatic carbocycles. The molecule has 1 nitrogen and oxygen atoms in total. The molecule has 0 heterocycles. The number of halogens is 2. The van der Waals surface area contributed by atoms with Gasteiger partial charge in [-0.05, 0) is 71.3 Å². The van der Waals surface area contributed by atoms with Crippen molar-refractivity contribution >= 4 is 39.4 Å². The van der Waals surface area contributed by atoms with Crippen LogP contribution >= 0.6 is 34.2 Å². The predicted molar refractivity (Wildman–Crippen MR) is 58.8 cm³/mol. The molecular weight excluding hydrogens is 286 g/mol. The van der Waals surface area contributed by atoms with E-state index >= 15 is 0 Å². The van der Waals surface area contributed by atoms with Crippen molar-refractivity contribution in [1.82, 2.24) is 0 Å². The Labute approximate surface area is 90.3 Å². The molecule has 3 heteroatoms. The van der Waals surface area contributed by atoms with Crippen LogP contribution in [0.25, 0.3) is 0 Å². The molecule has 0 aromatic heterocycles. The topological polar surface area (TPSA) is 17.1 Å². The van der Waals surface area contributed by atoms with Gasteiger partial charge < -0.3 is 0 Å². The van der Waals surface area contributed by atoms with Crippen molar-refractivity contribution in [2.24, 2.45) is 0 Å². The molecule has 0 aliphatic heterocycles. The number of rotatable bonds is 1. The summed E-state index contributed by atoms with van der Waals surface area (Å²) in [5.41, 5.74) is 2.88. The van der Waals surface area contributed by atoms with Gasteiger partial charge in [-0.25, -0.2) is 0 Å². The summed E-state index contributed by atoms with van der Waals surface area (Å²) in [6, 6.07) is 3.79. The van der Waals surface area contributed by atoms with Crippen LogP contribution in [0.2, 0.25) is 0 Å². The van der Waals surface area contributed by atoms with E-state index in [1.54, 1.807) is 0 Å². The molecule has 0 radical (unpaired) electrons.